The SMILES string of the molecule is N#Cc1cnn2c(NCC(F)(F)F)c(-c3ccc(F)cc3Cl)c(Cl)nc12. The van der Waals surface area contributed by atoms with Gasteiger partial charge >= 0.3 is 6.18 Å². The van der Waals surface area contributed by atoms with Crippen LogP contribution < -0.4 is 5.32 Å². The van der Waals surface area contributed by atoms with Crippen LogP contribution in [0.3, 0.4) is 0 Å². The Bertz CT molecular complexity index is 1040. The fourth-order valence-electron chi connectivity index (χ4n) is 2.32. The van der Waals surface area contributed by atoms with Crippen LogP contribution in [0.2, 0.25) is 10.2 Å². The standard InChI is InChI=1S/C15H7Cl2F4N5/c16-10-3-8(18)1-2-9(10)11-12(17)25-13-7(4-22)5-24-26(13)14(11)23-6-15(19,20)21/h1-3,5,23H,6H2. The highest BCUT2D eigenvalue weighted by Crippen LogP contribution is 2.39. The second-order valence-corrected chi connectivity index (χ2v) is 5.89. The molecule has 0 radical (unpaired) electrons. The van der Waals surface area contributed by atoms with E-state index in [1.165, 1.54) is 6.07 Å². The van der Waals surface area contributed by atoms with Crippen molar-refractivity contribution in [2.45, 2.75) is 6.18 Å². The molecule has 1 N–H and O–H groups in total. The highest BCUT2D eigenvalue weighted by molar-refractivity contribution is 6.36. The van der Waals surface area contributed by atoms with E-state index in [1.807, 2.05) is 6.07 Å². The van der Waals surface area contributed by atoms with Crippen molar-refractivity contribution >= 4 is 34.7 Å². The van der Waals surface area contributed by atoms with Crippen LogP contribution in [0.5, 0.6) is 0 Å². The molecule has 11 heteroatoms. The van der Waals surface area contributed by atoms with Gasteiger partial charge in [-0.15, -0.1) is 0 Å². The smallest absolute Gasteiger partial charge is 0.360 e. The molecular weight excluding hydrogens is 397 g/mol. The van der Waals surface area contributed by atoms with Crippen molar-refractivity contribution in [1.82, 2.24) is 14.6 Å². The lowest BCUT2D eigenvalue weighted by atomic mass is 10.1. The van der Waals surface area contributed by atoms with Gasteiger partial charge in [-0.25, -0.2) is 9.37 Å². The maximum absolute atomic E-state index is 13.3. The van der Waals surface area contributed by atoms with Crippen molar-refractivity contribution in [3.8, 4) is 17.2 Å². The van der Waals surface area contributed by atoms with Gasteiger partial charge in [-0.05, 0) is 18.2 Å². The Morgan fingerprint density at radius 2 is 2.00 bits per heavy atom. The predicted molar refractivity (Wildman–Crippen MR) is 87.7 cm³/mol. The number of nitrogens with one attached hydrogen (secondary N) is 1. The Morgan fingerprint density at radius 3 is 2.62 bits per heavy atom. The van der Waals surface area contributed by atoms with Crippen molar-refractivity contribution in [2.24, 2.45) is 0 Å². The minimum atomic E-state index is -4.53. The molecule has 0 unspecified atom stereocenters. The molecule has 0 fully saturated rings. The fraction of sp³-hybridized carbons (Fsp3) is 0.133. The van der Waals surface area contributed by atoms with E-state index < -0.39 is 18.5 Å². The second-order valence-electron chi connectivity index (χ2n) is 5.12. The summed E-state index contributed by atoms with van der Waals surface area (Å²) in [6, 6.07) is 5.17. The largest absolute Gasteiger partial charge is 0.405 e. The van der Waals surface area contributed by atoms with Crippen molar-refractivity contribution in [3.05, 3.63) is 46.0 Å². The summed E-state index contributed by atoms with van der Waals surface area (Å²) in [4.78, 5) is 4.02. The van der Waals surface area contributed by atoms with E-state index in [0.29, 0.717) is 0 Å². The number of alkyl halides is 3. The first kappa shape index (κ1) is 18.2. The van der Waals surface area contributed by atoms with E-state index >= 15 is 0 Å². The number of benzene rings is 1. The summed E-state index contributed by atoms with van der Waals surface area (Å²) in [5.41, 5.74) is 0.162. The maximum Gasteiger partial charge on any atom is 0.405 e. The molecule has 0 atom stereocenters. The molecule has 0 aliphatic rings. The Hall–Kier alpha value is -2.57. The Balaban J connectivity index is 2.30. The number of nitriles is 1. The molecule has 0 bridgehead atoms. The summed E-state index contributed by atoms with van der Waals surface area (Å²) in [5, 5.41) is 14.9. The van der Waals surface area contributed by atoms with E-state index in [-0.39, 0.29) is 38.3 Å². The van der Waals surface area contributed by atoms with Crippen LogP contribution in [0.15, 0.2) is 24.4 Å². The first-order valence-electron chi connectivity index (χ1n) is 6.94. The Morgan fingerprint density at radius 1 is 1.27 bits per heavy atom. The lowest BCUT2D eigenvalue weighted by Crippen LogP contribution is -2.23. The number of rotatable bonds is 3. The van der Waals surface area contributed by atoms with Gasteiger partial charge in [0.05, 0.1) is 16.8 Å². The molecule has 0 saturated heterocycles. The molecule has 0 saturated carbocycles. The second kappa shape index (κ2) is 6.63. The molecule has 5 nitrogen and oxygen atoms in total. The summed E-state index contributed by atoms with van der Waals surface area (Å²) < 4.78 is 52.5. The zero-order valence-corrected chi connectivity index (χ0v) is 14.1. The number of anilines is 1. The summed E-state index contributed by atoms with van der Waals surface area (Å²) in [5.74, 6) is -0.799. The quantitative estimate of drug-likeness (QED) is 0.508. The first-order valence-corrected chi connectivity index (χ1v) is 7.70. The van der Waals surface area contributed by atoms with Crippen molar-refractivity contribution in [2.75, 3.05) is 11.9 Å². The number of fused-ring (bicyclic) bond motifs is 1. The molecule has 2 heterocycles. The summed E-state index contributed by atoms with van der Waals surface area (Å²) >= 11 is 12.2. The van der Waals surface area contributed by atoms with Gasteiger partial charge in [0.2, 0.25) is 0 Å². The summed E-state index contributed by atoms with van der Waals surface area (Å²) in [6.45, 7) is -1.39. The molecule has 134 valence electrons. The highest BCUT2D eigenvalue weighted by atomic mass is 35.5. The molecule has 0 aliphatic heterocycles. The zero-order valence-electron chi connectivity index (χ0n) is 12.6. The molecule has 0 spiro atoms. The summed E-state index contributed by atoms with van der Waals surface area (Å²) in [6.07, 6.45) is -3.38. The maximum atomic E-state index is 13.3. The molecule has 0 amide bonds. The van der Waals surface area contributed by atoms with Crippen LogP contribution in [-0.2, 0) is 0 Å². The van der Waals surface area contributed by atoms with Crippen LogP contribution in [-0.4, -0.2) is 27.3 Å². The number of aromatic nitrogens is 3. The third-order valence-corrected chi connectivity index (χ3v) is 3.97. The monoisotopic (exact) mass is 403 g/mol. The van der Waals surface area contributed by atoms with Crippen LogP contribution in [0, 0.1) is 17.1 Å². The van der Waals surface area contributed by atoms with Crippen LogP contribution in [0.1, 0.15) is 5.56 Å². The van der Waals surface area contributed by atoms with E-state index in [1.54, 1.807) is 0 Å². The molecule has 3 aromatic rings. The van der Waals surface area contributed by atoms with Gasteiger partial charge in [-0.3, -0.25) is 0 Å². The average molecular weight is 404 g/mol. The number of nitrogens with zero attached hydrogens (tertiary/aromatic N) is 4. The number of halogens is 6. The van der Waals surface area contributed by atoms with Gasteiger partial charge in [0, 0.05) is 5.56 Å². The van der Waals surface area contributed by atoms with Crippen LogP contribution in [0.4, 0.5) is 23.4 Å². The van der Waals surface area contributed by atoms with E-state index in [9.17, 15) is 17.6 Å². The Labute approximate surface area is 153 Å². The van der Waals surface area contributed by atoms with E-state index in [4.69, 9.17) is 28.5 Å². The van der Waals surface area contributed by atoms with Gasteiger partial charge in [-0.1, -0.05) is 23.2 Å². The molecular formula is C15H7Cl2F4N5. The minimum Gasteiger partial charge on any atom is -0.360 e. The third-order valence-electron chi connectivity index (χ3n) is 3.38. The topological polar surface area (TPSA) is 66.0 Å². The fourth-order valence-corrected chi connectivity index (χ4v) is 2.86. The minimum absolute atomic E-state index is 0.000932. The van der Waals surface area contributed by atoms with Gasteiger partial charge in [0.1, 0.15) is 35.0 Å². The number of hydrogen-bond donors (Lipinski definition) is 1. The van der Waals surface area contributed by atoms with Gasteiger partial charge in [0.25, 0.3) is 0 Å². The van der Waals surface area contributed by atoms with Gasteiger partial charge in [0.15, 0.2) is 5.65 Å². The van der Waals surface area contributed by atoms with Crippen LogP contribution >= 0.6 is 23.2 Å². The number of hydrogen-bond acceptors (Lipinski definition) is 4. The highest BCUT2D eigenvalue weighted by Gasteiger charge is 2.29. The molecule has 1 aromatic carbocycles. The lowest BCUT2D eigenvalue weighted by Gasteiger charge is -2.17. The third kappa shape index (κ3) is 3.38. The Kier molecular flexibility index (Phi) is 4.64. The summed E-state index contributed by atoms with van der Waals surface area (Å²) in [7, 11) is 0. The normalized spacial score (nSPS) is 11.6. The molecule has 26 heavy (non-hydrogen) atoms. The molecule has 3 rings (SSSR count). The molecule has 0 aliphatic carbocycles. The predicted octanol–water partition coefficient (Wildman–Crippen LogP) is 4.69. The first-order chi connectivity index (χ1) is 12.2. The van der Waals surface area contributed by atoms with Crippen LogP contribution in [0.25, 0.3) is 16.8 Å². The van der Waals surface area contributed by atoms with Crippen molar-refractivity contribution < 1.29 is 17.6 Å². The van der Waals surface area contributed by atoms with Gasteiger partial charge < -0.3 is 5.32 Å². The van der Waals surface area contributed by atoms with E-state index in [2.05, 4.69) is 15.4 Å². The zero-order chi connectivity index (χ0) is 19.1. The molecule has 2 aromatic heterocycles. The van der Waals surface area contributed by atoms with Gasteiger partial charge in [-0.2, -0.15) is 28.0 Å². The van der Waals surface area contributed by atoms with E-state index in [0.717, 1.165) is 22.8 Å². The van der Waals surface area contributed by atoms with Crippen molar-refractivity contribution in [3.63, 3.8) is 0 Å². The lowest BCUT2D eigenvalue weighted by molar-refractivity contribution is -0.115. The van der Waals surface area contributed by atoms with Crippen molar-refractivity contribution in [1.29, 1.82) is 5.26 Å². The average Bonchev–Trinajstić information content (AvgIpc) is 2.95.